The first-order chi connectivity index (χ1) is 6.82. The van der Waals surface area contributed by atoms with Crippen LogP contribution in [0.4, 0.5) is 23.7 Å². The molecule has 82 valence electrons. The molecule has 0 heterocycles. The molecule has 0 saturated carbocycles. The fourth-order valence-electron chi connectivity index (χ4n) is 0.932. The number of hydrogen-bond acceptors (Lipinski definition) is 1. The Kier molecular flexibility index (Phi) is 3.09. The van der Waals surface area contributed by atoms with Crippen LogP contribution in [-0.4, -0.2) is 6.03 Å². The van der Waals surface area contributed by atoms with E-state index in [2.05, 4.69) is 0 Å². The van der Waals surface area contributed by atoms with Crippen molar-refractivity contribution in [3.05, 3.63) is 29.8 Å². The molecule has 7 heteroatoms. The molecule has 0 spiro atoms. The zero-order valence-electron chi connectivity index (χ0n) is 7.25. The molecule has 0 bridgehead atoms. The largest absolute Gasteiger partial charge is 0.416 e. The monoisotopic (exact) mass is 238 g/mol. The Labute approximate surface area is 88.3 Å². The molecule has 1 aromatic rings. The van der Waals surface area contributed by atoms with Crippen LogP contribution < -0.4 is 10.2 Å². The summed E-state index contributed by atoms with van der Waals surface area (Å²) in [6.45, 7) is 0. The average Bonchev–Trinajstić information content (AvgIpc) is 2.15. The van der Waals surface area contributed by atoms with E-state index in [1.807, 2.05) is 0 Å². The minimum absolute atomic E-state index is 0.126. The summed E-state index contributed by atoms with van der Waals surface area (Å²) in [5, 5.41) is 0. The Hall–Kier alpha value is -1.43. The molecule has 0 saturated heterocycles. The number of nitrogens with two attached hydrogens (primary N) is 1. The van der Waals surface area contributed by atoms with Crippen molar-refractivity contribution in [2.24, 2.45) is 5.73 Å². The summed E-state index contributed by atoms with van der Waals surface area (Å²) in [6.07, 6.45) is -4.48. The van der Waals surface area contributed by atoms with E-state index in [4.69, 9.17) is 17.5 Å². The molecule has 0 radical (unpaired) electrons. The third-order valence-corrected chi connectivity index (χ3v) is 1.96. The smallest absolute Gasteiger partial charge is 0.350 e. The zero-order valence-corrected chi connectivity index (χ0v) is 8.01. The number of amides is 2. The number of carbonyl (C=O) groups excluding carboxylic acids is 1. The van der Waals surface area contributed by atoms with Crippen molar-refractivity contribution >= 4 is 23.5 Å². The van der Waals surface area contributed by atoms with Crippen molar-refractivity contribution < 1.29 is 18.0 Å². The highest BCUT2D eigenvalue weighted by Crippen LogP contribution is 2.31. The third kappa shape index (κ3) is 2.76. The maximum atomic E-state index is 12.3. The molecule has 3 nitrogen and oxygen atoms in total. The van der Waals surface area contributed by atoms with Crippen LogP contribution in [0.5, 0.6) is 0 Å². The van der Waals surface area contributed by atoms with Gasteiger partial charge in [-0.25, -0.2) is 9.21 Å². The lowest BCUT2D eigenvalue weighted by molar-refractivity contribution is -0.137. The molecule has 1 rings (SSSR count). The summed E-state index contributed by atoms with van der Waals surface area (Å²) in [4.78, 5) is 10.6. The summed E-state index contributed by atoms with van der Waals surface area (Å²) >= 11 is 5.35. The predicted octanol–water partition coefficient (Wildman–Crippen LogP) is 2.74. The summed E-state index contributed by atoms with van der Waals surface area (Å²) in [6, 6.07) is 2.94. The fourth-order valence-corrected chi connectivity index (χ4v) is 1.04. The highest BCUT2D eigenvalue weighted by molar-refractivity contribution is 6.36. The summed E-state index contributed by atoms with van der Waals surface area (Å²) in [7, 11) is 0. The summed E-state index contributed by atoms with van der Waals surface area (Å²) < 4.78 is 37.2. The molecular formula is C8H6ClF3N2O. The number of anilines is 1. The maximum absolute atomic E-state index is 12.3. The second kappa shape index (κ2) is 3.98. The summed E-state index contributed by atoms with van der Waals surface area (Å²) in [5.74, 6) is 0. The van der Waals surface area contributed by atoms with Crippen molar-refractivity contribution in [3.8, 4) is 0 Å². The highest BCUT2D eigenvalue weighted by atomic mass is 35.5. The van der Waals surface area contributed by atoms with E-state index in [1.165, 1.54) is 6.07 Å². The van der Waals surface area contributed by atoms with Gasteiger partial charge >= 0.3 is 12.2 Å². The van der Waals surface area contributed by atoms with Gasteiger partial charge in [-0.2, -0.15) is 13.2 Å². The molecule has 0 aromatic heterocycles. The van der Waals surface area contributed by atoms with E-state index < -0.39 is 17.8 Å². The lowest BCUT2D eigenvalue weighted by Gasteiger charge is -2.13. The Morgan fingerprint density at radius 3 is 2.47 bits per heavy atom. The molecule has 0 unspecified atom stereocenters. The molecule has 2 amide bonds. The first kappa shape index (κ1) is 11.6. The van der Waals surface area contributed by atoms with Crippen molar-refractivity contribution in [1.82, 2.24) is 0 Å². The Bertz CT molecular complexity index is 380. The van der Waals surface area contributed by atoms with E-state index in [9.17, 15) is 18.0 Å². The normalized spacial score (nSPS) is 11.2. The van der Waals surface area contributed by atoms with Gasteiger partial charge < -0.3 is 5.73 Å². The molecule has 0 aliphatic rings. The van der Waals surface area contributed by atoms with E-state index in [1.54, 1.807) is 0 Å². The Morgan fingerprint density at radius 1 is 1.40 bits per heavy atom. The predicted molar refractivity (Wildman–Crippen MR) is 49.4 cm³/mol. The number of alkyl halides is 3. The minimum atomic E-state index is -4.48. The standard InChI is InChI=1S/C8H6ClF3N2O/c9-14(7(13)15)6-3-1-2-5(4-6)8(10,11)12/h1-4H,(H2,13,15). The number of carbonyl (C=O) groups is 1. The van der Waals surface area contributed by atoms with Gasteiger partial charge in [0.15, 0.2) is 0 Å². The lowest BCUT2D eigenvalue weighted by Crippen LogP contribution is -2.27. The molecule has 0 fully saturated rings. The minimum Gasteiger partial charge on any atom is -0.350 e. The van der Waals surface area contributed by atoms with Gasteiger partial charge in [0, 0.05) is 11.8 Å². The van der Waals surface area contributed by atoms with Crippen LogP contribution in [0.2, 0.25) is 0 Å². The van der Waals surface area contributed by atoms with Crippen molar-refractivity contribution in [1.29, 1.82) is 0 Å². The highest BCUT2D eigenvalue weighted by Gasteiger charge is 2.31. The van der Waals surface area contributed by atoms with Crippen LogP contribution >= 0.6 is 11.8 Å². The van der Waals surface area contributed by atoms with E-state index in [0.717, 1.165) is 18.2 Å². The third-order valence-electron chi connectivity index (χ3n) is 1.59. The fraction of sp³-hybridized carbons (Fsp3) is 0.125. The van der Waals surface area contributed by atoms with Gasteiger partial charge in [0.25, 0.3) is 0 Å². The number of hydrogen-bond donors (Lipinski definition) is 1. The number of primary amides is 1. The molecule has 0 aliphatic heterocycles. The number of rotatable bonds is 1. The maximum Gasteiger partial charge on any atom is 0.416 e. The van der Waals surface area contributed by atoms with Crippen LogP contribution in [0, 0.1) is 0 Å². The van der Waals surface area contributed by atoms with Crippen molar-refractivity contribution in [2.45, 2.75) is 6.18 Å². The molecule has 1 aromatic carbocycles. The first-order valence-electron chi connectivity index (χ1n) is 3.75. The van der Waals surface area contributed by atoms with E-state index in [0.29, 0.717) is 4.42 Å². The van der Waals surface area contributed by atoms with Gasteiger partial charge in [0.2, 0.25) is 0 Å². The summed E-state index contributed by atoms with van der Waals surface area (Å²) in [5.41, 5.74) is 3.78. The first-order valence-corrected chi connectivity index (χ1v) is 4.09. The van der Waals surface area contributed by atoms with E-state index >= 15 is 0 Å². The lowest BCUT2D eigenvalue weighted by atomic mass is 10.2. The van der Waals surface area contributed by atoms with Gasteiger partial charge in [0.05, 0.1) is 11.3 Å². The van der Waals surface area contributed by atoms with Gasteiger partial charge in [-0.1, -0.05) is 6.07 Å². The number of urea groups is 1. The molecule has 15 heavy (non-hydrogen) atoms. The SMILES string of the molecule is NC(=O)N(Cl)c1cccc(C(F)(F)F)c1. The van der Waals surface area contributed by atoms with Crippen molar-refractivity contribution in [2.75, 3.05) is 4.42 Å². The van der Waals surface area contributed by atoms with Crippen molar-refractivity contribution in [3.63, 3.8) is 0 Å². The number of nitrogens with zero attached hydrogens (tertiary/aromatic N) is 1. The number of benzene rings is 1. The van der Waals surface area contributed by atoms with Gasteiger partial charge in [-0.15, -0.1) is 0 Å². The van der Waals surface area contributed by atoms with Crippen LogP contribution in [0.1, 0.15) is 5.56 Å². The van der Waals surface area contributed by atoms with Gasteiger partial charge in [-0.05, 0) is 18.2 Å². The molecular weight excluding hydrogens is 233 g/mol. The number of halogens is 4. The second-order valence-electron chi connectivity index (χ2n) is 2.67. The molecule has 0 aliphatic carbocycles. The van der Waals surface area contributed by atoms with Crippen LogP contribution in [-0.2, 0) is 6.18 Å². The Morgan fingerprint density at radius 2 is 2.00 bits per heavy atom. The van der Waals surface area contributed by atoms with Gasteiger partial charge in [0.1, 0.15) is 0 Å². The molecule has 0 atom stereocenters. The van der Waals surface area contributed by atoms with Crippen LogP contribution in [0.3, 0.4) is 0 Å². The average molecular weight is 239 g/mol. The van der Waals surface area contributed by atoms with E-state index in [-0.39, 0.29) is 5.69 Å². The second-order valence-corrected chi connectivity index (χ2v) is 3.01. The molecule has 2 N–H and O–H groups in total. The van der Waals surface area contributed by atoms with Crippen LogP contribution in [0.25, 0.3) is 0 Å². The topological polar surface area (TPSA) is 46.3 Å². The quantitative estimate of drug-likeness (QED) is 0.752. The zero-order chi connectivity index (χ0) is 11.6. The van der Waals surface area contributed by atoms with Crippen LogP contribution in [0.15, 0.2) is 24.3 Å². The Balaban J connectivity index is 3.08. The van der Waals surface area contributed by atoms with Gasteiger partial charge in [-0.3, -0.25) is 0 Å².